The third-order valence-corrected chi connectivity index (χ3v) is 6.93. The molecule has 0 aromatic heterocycles. The lowest BCUT2D eigenvalue weighted by Crippen LogP contribution is -2.38. The lowest BCUT2D eigenvalue weighted by molar-refractivity contribution is -0.114. The van der Waals surface area contributed by atoms with Gasteiger partial charge in [-0.05, 0) is 48.4 Å². The van der Waals surface area contributed by atoms with Gasteiger partial charge in [0.1, 0.15) is 25.6 Å². The van der Waals surface area contributed by atoms with Gasteiger partial charge >= 0.3 is 0 Å². The zero-order valence-corrected chi connectivity index (χ0v) is 18.8. The summed E-state index contributed by atoms with van der Waals surface area (Å²) < 4.78 is 52.9. The number of halogens is 1. The van der Waals surface area contributed by atoms with Crippen molar-refractivity contribution in [2.75, 3.05) is 29.4 Å². The molecule has 1 aliphatic heterocycles. The quantitative estimate of drug-likeness (QED) is 0.564. The van der Waals surface area contributed by atoms with Crippen LogP contribution in [-0.2, 0) is 21.2 Å². The number of fused-ring (bicyclic) bond motifs is 1. The van der Waals surface area contributed by atoms with E-state index in [-0.39, 0.29) is 10.6 Å². The molecule has 1 heterocycles. The highest BCUT2D eigenvalue weighted by Gasteiger charge is 2.29. The van der Waals surface area contributed by atoms with E-state index in [1.165, 1.54) is 36.4 Å². The molecule has 4 rings (SSSR count). The summed E-state index contributed by atoms with van der Waals surface area (Å²) in [4.78, 5) is 12.8. The number of sulfonamides is 1. The third kappa shape index (κ3) is 4.93. The van der Waals surface area contributed by atoms with E-state index in [1.54, 1.807) is 12.1 Å². The molecule has 0 fully saturated rings. The lowest BCUT2D eigenvalue weighted by Gasteiger charge is -2.25. The Morgan fingerprint density at radius 2 is 1.76 bits per heavy atom. The summed E-state index contributed by atoms with van der Waals surface area (Å²) >= 11 is 0. The summed E-state index contributed by atoms with van der Waals surface area (Å²) in [6, 6.07) is 16.6. The van der Waals surface area contributed by atoms with Crippen LogP contribution < -0.4 is 19.1 Å². The molecule has 0 unspecified atom stereocenters. The molecule has 0 radical (unpaired) electrons. The molecule has 3 aromatic carbocycles. The minimum absolute atomic E-state index is 0.0313. The molecular formula is C24H23FN2O5S. The molecule has 0 saturated carbocycles. The number of rotatable bonds is 7. The summed E-state index contributed by atoms with van der Waals surface area (Å²) in [6.45, 7) is 2.08. The Morgan fingerprint density at radius 1 is 1.00 bits per heavy atom. The first-order valence-corrected chi connectivity index (χ1v) is 11.9. The van der Waals surface area contributed by atoms with E-state index in [9.17, 15) is 17.6 Å². The molecule has 33 heavy (non-hydrogen) atoms. The number of hydrogen-bond donors (Lipinski definition) is 1. The molecule has 1 aliphatic rings. The molecule has 0 spiro atoms. The average molecular weight is 471 g/mol. The van der Waals surface area contributed by atoms with E-state index < -0.39 is 28.3 Å². The minimum Gasteiger partial charge on any atom is -0.486 e. The second-order valence-corrected chi connectivity index (χ2v) is 9.22. The molecule has 0 aliphatic carbocycles. The number of carbonyl (C=O) groups excluding carboxylic acids is 1. The minimum atomic E-state index is -4.24. The first-order chi connectivity index (χ1) is 15.9. The van der Waals surface area contributed by atoms with Crippen LogP contribution >= 0.6 is 0 Å². The molecule has 0 saturated heterocycles. The molecule has 0 atom stereocenters. The summed E-state index contributed by atoms with van der Waals surface area (Å²) in [5, 5.41) is 2.77. The monoisotopic (exact) mass is 470 g/mol. The van der Waals surface area contributed by atoms with Gasteiger partial charge < -0.3 is 14.8 Å². The Morgan fingerprint density at radius 3 is 2.52 bits per heavy atom. The fourth-order valence-electron chi connectivity index (χ4n) is 3.53. The summed E-state index contributed by atoms with van der Waals surface area (Å²) in [5.41, 5.74) is 1.54. The van der Waals surface area contributed by atoms with Gasteiger partial charge in [-0.25, -0.2) is 12.8 Å². The molecule has 9 heteroatoms. The maximum absolute atomic E-state index is 14.0. The highest BCUT2D eigenvalue weighted by atomic mass is 32.2. The van der Waals surface area contributed by atoms with Crippen molar-refractivity contribution in [2.45, 2.75) is 18.2 Å². The third-order valence-electron chi connectivity index (χ3n) is 5.16. The Balaban J connectivity index is 1.68. The van der Waals surface area contributed by atoms with Gasteiger partial charge in [0.15, 0.2) is 11.5 Å². The molecule has 172 valence electrons. The summed E-state index contributed by atoms with van der Waals surface area (Å²) in [6.07, 6.45) is 0.694. The summed E-state index contributed by atoms with van der Waals surface area (Å²) in [7, 11) is -4.24. The number of amides is 1. The Kier molecular flexibility index (Phi) is 6.50. The van der Waals surface area contributed by atoms with Gasteiger partial charge in [-0.3, -0.25) is 9.10 Å². The van der Waals surface area contributed by atoms with E-state index in [1.807, 2.05) is 19.1 Å². The van der Waals surface area contributed by atoms with Gasteiger partial charge in [0, 0.05) is 11.8 Å². The molecule has 0 bridgehead atoms. The molecule has 7 nitrogen and oxygen atoms in total. The van der Waals surface area contributed by atoms with E-state index in [0.717, 1.165) is 15.9 Å². The topological polar surface area (TPSA) is 84.9 Å². The number of carbonyl (C=O) groups is 1. The van der Waals surface area contributed by atoms with E-state index in [0.29, 0.717) is 36.8 Å². The standard InChI is InChI=1S/C24H23FN2O5S/c1-2-17-6-3-4-9-21(17)26-24(28)16-27(19-8-5-7-18(25)14-19)33(29,30)20-10-11-22-23(15-20)32-13-12-31-22/h3-11,14-15H,2,12-13,16H2,1H3,(H,26,28). The van der Waals surface area contributed by atoms with Crippen LogP contribution in [0.4, 0.5) is 15.8 Å². The predicted octanol–water partition coefficient (Wildman–Crippen LogP) is 3.99. The number of nitrogens with one attached hydrogen (secondary N) is 1. The highest BCUT2D eigenvalue weighted by molar-refractivity contribution is 7.92. The number of hydrogen-bond acceptors (Lipinski definition) is 5. The van der Waals surface area contributed by atoms with Crippen molar-refractivity contribution in [3.8, 4) is 11.5 Å². The van der Waals surface area contributed by atoms with Crippen molar-refractivity contribution < 1.29 is 27.1 Å². The first-order valence-electron chi connectivity index (χ1n) is 10.4. The summed E-state index contributed by atoms with van der Waals surface area (Å²) in [5.74, 6) is -0.442. The normalized spacial score (nSPS) is 12.8. The van der Waals surface area contributed by atoms with Crippen LogP contribution in [0.3, 0.4) is 0 Å². The van der Waals surface area contributed by atoms with Gasteiger partial charge in [-0.15, -0.1) is 0 Å². The van der Waals surface area contributed by atoms with Crippen LogP contribution in [0.5, 0.6) is 11.5 Å². The second-order valence-electron chi connectivity index (χ2n) is 7.36. The maximum Gasteiger partial charge on any atom is 0.264 e. The number of para-hydroxylation sites is 1. The van der Waals surface area contributed by atoms with Crippen molar-refractivity contribution >= 4 is 27.3 Å². The average Bonchev–Trinajstić information content (AvgIpc) is 2.82. The largest absolute Gasteiger partial charge is 0.486 e. The van der Waals surface area contributed by atoms with Crippen molar-refractivity contribution in [1.82, 2.24) is 0 Å². The van der Waals surface area contributed by atoms with Gasteiger partial charge in [0.25, 0.3) is 10.0 Å². The van der Waals surface area contributed by atoms with Crippen molar-refractivity contribution in [1.29, 1.82) is 0 Å². The molecular weight excluding hydrogens is 447 g/mol. The van der Waals surface area contributed by atoms with Gasteiger partial charge in [0.05, 0.1) is 10.6 Å². The number of ether oxygens (including phenoxy) is 2. The van der Waals surface area contributed by atoms with Gasteiger partial charge in [-0.1, -0.05) is 31.2 Å². The fourth-order valence-corrected chi connectivity index (χ4v) is 4.96. The van der Waals surface area contributed by atoms with Crippen molar-refractivity contribution in [2.24, 2.45) is 0 Å². The van der Waals surface area contributed by atoms with E-state index in [2.05, 4.69) is 5.32 Å². The highest BCUT2D eigenvalue weighted by Crippen LogP contribution is 2.34. The van der Waals surface area contributed by atoms with Crippen LogP contribution in [0.15, 0.2) is 71.6 Å². The Hall–Kier alpha value is -3.59. The predicted molar refractivity (Wildman–Crippen MR) is 123 cm³/mol. The van der Waals surface area contributed by atoms with E-state index in [4.69, 9.17) is 9.47 Å². The molecule has 1 N–H and O–H groups in total. The number of benzene rings is 3. The van der Waals surface area contributed by atoms with E-state index >= 15 is 0 Å². The van der Waals surface area contributed by atoms with Gasteiger partial charge in [-0.2, -0.15) is 0 Å². The Bertz CT molecular complexity index is 1280. The number of aryl methyl sites for hydroxylation is 1. The smallest absolute Gasteiger partial charge is 0.264 e. The fraction of sp³-hybridized carbons (Fsp3) is 0.208. The lowest BCUT2D eigenvalue weighted by atomic mass is 10.1. The second kappa shape index (κ2) is 9.50. The van der Waals surface area contributed by atoms with Crippen LogP contribution in [0.1, 0.15) is 12.5 Å². The number of anilines is 2. The van der Waals surface area contributed by atoms with Gasteiger partial charge in [0.2, 0.25) is 5.91 Å². The van der Waals surface area contributed by atoms with Crippen LogP contribution in [0.25, 0.3) is 0 Å². The Labute approximate surface area is 191 Å². The SMILES string of the molecule is CCc1ccccc1NC(=O)CN(c1cccc(F)c1)S(=O)(=O)c1ccc2c(c1)OCCO2. The number of nitrogens with zero attached hydrogens (tertiary/aromatic N) is 1. The van der Waals surface area contributed by atoms with Crippen molar-refractivity contribution in [3.63, 3.8) is 0 Å². The van der Waals surface area contributed by atoms with Crippen LogP contribution in [0.2, 0.25) is 0 Å². The van der Waals surface area contributed by atoms with Crippen LogP contribution in [0, 0.1) is 5.82 Å². The van der Waals surface area contributed by atoms with Crippen molar-refractivity contribution in [3.05, 3.63) is 78.1 Å². The zero-order valence-electron chi connectivity index (χ0n) is 18.0. The zero-order chi connectivity index (χ0) is 23.4. The van der Waals surface area contributed by atoms with Crippen LogP contribution in [-0.4, -0.2) is 34.1 Å². The molecule has 1 amide bonds. The first kappa shape index (κ1) is 22.6. The molecule has 3 aromatic rings. The maximum atomic E-state index is 14.0.